The normalized spacial score (nSPS) is 15.0. The molecule has 0 aromatic heterocycles. The van der Waals surface area contributed by atoms with Gasteiger partial charge in [0.2, 0.25) is 0 Å². The van der Waals surface area contributed by atoms with Gasteiger partial charge < -0.3 is 14.6 Å². The van der Waals surface area contributed by atoms with Gasteiger partial charge in [0.25, 0.3) is 11.8 Å². The largest absolute Gasteiger partial charge is 0.490 e. The lowest BCUT2D eigenvalue weighted by molar-refractivity contribution is -0.139. The highest BCUT2D eigenvalue weighted by Gasteiger charge is 2.37. The zero-order valence-corrected chi connectivity index (χ0v) is 18.8. The van der Waals surface area contributed by atoms with Crippen LogP contribution < -0.4 is 19.7 Å². The van der Waals surface area contributed by atoms with Gasteiger partial charge in [0, 0.05) is 4.47 Å². The van der Waals surface area contributed by atoms with Gasteiger partial charge in [-0.15, -0.1) is 0 Å². The molecule has 166 valence electrons. The first-order valence-electron chi connectivity index (χ1n) is 9.50. The zero-order chi connectivity index (χ0) is 23.4. The molecule has 1 heterocycles. The highest BCUT2D eigenvalue weighted by molar-refractivity contribution is 9.10. The number of hydrogen-bond acceptors (Lipinski definition) is 6. The number of barbiturate groups is 1. The Morgan fingerprint density at radius 3 is 2.53 bits per heavy atom. The summed E-state index contributed by atoms with van der Waals surface area (Å²) >= 11 is 3.37. The molecule has 4 amide bonds. The van der Waals surface area contributed by atoms with Gasteiger partial charge in [0.1, 0.15) is 5.57 Å². The van der Waals surface area contributed by atoms with E-state index in [-0.39, 0.29) is 23.7 Å². The lowest BCUT2D eigenvalue weighted by Gasteiger charge is -2.26. The first-order chi connectivity index (χ1) is 15.2. The number of anilines is 1. The van der Waals surface area contributed by atoms with Gasteiger partial charge in [-0.3, -0.25) is 14.9 Å². The number of nitrogens with one attached hydrogen (secondary N) is 1. The number of imide groups is 2. The van der Waals surface area contributed by atoms with Crippen molar-refractivity contribution in [2.75, 3.05) is 18.1 Å². The number of ether oxygens (including phenoxy) is 2. The average molecular weight is 503 g/mol. The molecule has 3 rings (SSSR count). The lowest BCUT2D eigenvalue weighted by atomic mass is 10.1. The summed E-state index contributed by atoms with van der Waals surface area (Å²) in [4.78, 5) is 49.5. The summed E-state index contributed by atoms with van der Waals surface area (Å²) in [6, 6.07) is 8.63. The predicted octanol–water partition coefficient (Wildman–Crippen LogP) is 3.29. The molecular weight excluding hydrogens is 484 g/mol. The van der Waals surface area contributed by atoms with Crippen molar-refractivity contribution in [2.45, 2.75) is 13.8 Å². The molecule has 0 bridgehead atoms. The Kier molecular flexibility index (Phi) is 6.94. The fourth-order valence-electron chi connectivity index (χ4n) is 2.97. The topological polar surface area (TPSA) is 122 Å². The van der Waals surface area contributed by atoms with E-state index in [9.17, 15) is 19.2 Å². The van der Waals surface area contributed by atoms with E-state index in [1.165, 1.54) is 24.3 Å². The molecule has 2 aromatic carbocycles. The third-order valence-electron chi connectivity index (χ3n) is 4.43. The minimum atomic E-state index is -1.14. The maximum atomic E-state index is 13.0. The smallest absolute Gasteiger partial charge is 0.341 e. The van der Waals surface area contributed by atoms with Crippen LogP contribution >= 0.6 is 15.9 Å². The third kappa shape index (κ3) is 4.97. The molecule has 0 saturated carbocycles. The van der Waals surface area contributed by atoms with Gasteiger partial charge in [0.15, 0.2) is 18.1 Å². The number of amides is 4. The maximum absolute atomic E-state index is 13.0. The molecule has 1 aliphatic heterocycles. The fraction of sp³-hybridized carbons (Fsp3) is 0.182. The van der Waals surface area contributed by atoms with Gasteiger partial charge in [0.05, 0.1) is 12.3 Å². The monoisotopic (exact) mass is 502 g/mol. The van der Waals surface area contributed by atoms with E-state index in [0.29, 0.717) is 11.3 Å². The molecule has 32 heavy (non-hydrogen) atoms. The summed E-state index contributed by atoms with van der Waals surface area (Å²) in [6.07, 6.45) is 1.33. The Morgan fingerprint density at radius 1 is 1.12 bits per heavy atom. The number of carbonyl (C=O) groups excluding carboxylic acids is 3. The fourth-order valence-corrected chi connectivity index (χ4v) is 3.21. The highest BCUT2D eigenvalue weighted by Crippen LogP contribution is 2.31. The molecule has 0 unspecified atom stereocenters. The van der Waals surface area contributed by atoms with Crippen molar-refractivity contribution in [1.82, 2.24) is 5.32 Å². The summed E-state index contributed by atoms with van der Waals surface area (Å²) in [5.41, 5.74) is 1.31. The number of urea groups is 1. The van der Waals surface area contributed by atoms with E-state index in [4.69, 9.17) is 14.6 Å². The third-order valence-corrected chi connectivity index (χ3v) is 5.32. The molecule has 1 saturated heterocycles. The van der Waals surface area contributed by atoms with E-state index in [0.717, 1.165) is 14.9 Å². The van der Waals surface area contributed by atoms with Crippen LogP contribution in [0.5, 0.6) is 11.5 Å². The molecule has 10 heteroatoms. The van der Waals surface area contributed by atoms with Crippen LogP contribution in [0.2, 0.25) is 0 Å². The number of hydrogen-bond donors (Lipinski definition) is 2. The van der Waals surface area contributed by atoms with E-state index < -0.39 is 30.4 Å². The molecule has 0 spiro atoms. The van der Waals surface area contributed by atoms with E-state index in [1.807, 2.05) is 6.92 Å². The van der Waals surface area contributed by atoms with Crippen LogP contribution in [-0.4, -0.2) is 42.1 Å². The summed E-state index contributed by atoms with van der Waals surface area (Å²) in [6.45, 7) is 3.29. The van der Waals surface area contributed by atoms with Gasteiger partial charge in [-0.25, -0.2) is 14.5 Å². The molecule has 1 fully saturated rings. The van der Waals surface area contributed by atoms with Gasteiger partial charge in [-0.2, -0.15) is 0 Å². The first-order valence-corrected chi connectivity index (χ1v) is 10.3. The van der Waals surface area contributed by atoms with Crippen LogP contribution in [0, 0.1) is 6.92 Å². The Balaban J connectivity index is 1.97. The number of rotatable bonds is 7. The summed E-state index contributed by atoms with van der Waals surface area (Å²) in [5, 5.41) is 11.0. The SMILES string of the molecule is CCOc1cc(C=C2C(=O)NC(=O)N(c3ccc(Br)c(C)c3)C2=O)ccc1OCC(=O)O. The minimum Gasteiger partial charge on any atom is -0.490 e. The molecule has 2 N–H and O–H groups in total. The second-order valence-electron chi connectivity index (χ2n) is 6.71. The number of aliphatic carboxylic acids is 1. The lowest BCUT2D eigenvalue weighted by Crippen LogP contribution is -2.54. The molecule has 9 nitrogen and oxygen atoms in total. The van der Waals surface area contributed by atoms with Crippen molar-refractivity contribution < 1.29 is 33.8 Å². The number of carboxylic acids is 1. The number of carbonyl (C=O) groups is 4. The van der Waals surface area contributed by atoms with E-state index in [1.54, 1.807) is 25.1 Å². The average Bonchev–Trinajstić information content (AvgIpc) is 2.73. The predicted molar refractivity (Wildman–Crippen MR) is 119 cm³/mol. The molecule has 2 aromatic rings. The van der Waals surface area contributed by atoms with Crippen LogP contribution in [0.15, 0.2) is 46.4 Å². The van der Waals surface area contributed by atoms with Crippen molar-refractivity contribution in [3.63, 3.8) is 0 Å². The summed E-state index contributed by atoms with van der Waals surface area (Å²) in [7, 11) is 0. The molecule has 0 atom stereocenters. The van der Waals surface area contributed by atoms with Crippen LogP contribution in [-0.2, 0) is 14.4 Å². The van der Waals surface area contributed by atoms with Gasteiger partial charge in [-0.1, -0.05) is 22.0 Å². The quantitative estimate of drug-likeness (QED) is 0.439. The van der Waals surface area contributed by atoms with Crippen molar-refractivity contribution in [2.24, 2.45) is 0 Å². The Morgan fingerprint density at radius 2 is 1.88 bits per heavy atom. The van der Waals surface area contributed by atoms with E-state index in [2.05, 4.69) is 21.2 Å². The minimum absolute atomic E-state index is 0.206. The highest BCUT2D eigenvalue weighted by atomic mass is 79.9. The maximum Gasteiger partial charge on any atom is 0.341 e. The Bertz CT molecular complexity index is 1140. The zero-order valence-electron chi connectivity index (χ0n) is 17.2. The standard InChI is InChI=1S/C22H19BrN2O7/c1-3-31-18-10-13(4-7-17(18)32-11-19(26)27)9-15-20(28)24-22(30)25(21(15)29)14-5-6-16(23)12(2)8-14/h4-10H,3,11H2,1-2H3,(H,26,27)(H,24,28,30). The second kappa shape index (κ2) is 9.65. The molecule has 0 radical (unpaired) electrons. The van der Waals surface area contributed by atoms with Gasteiger partial charge in [-0.05, 0) is 61.4 Å². The molecule has 1 aliphatic rings. The summed E-state index contributed by atoms with van der Waals surface area (Å²) < 4.78 is 11.5. The number of halogens is 1. The van der Waals surface area contributed by atoms with Crippen LogP contribution in [0.3, 0.4) is 0 Å². The molecular formula is C22H19BrN2O7. The van der Waals surface area contributed by atoms with Crippen LogP contribution in [0.25, 0.3) is 6.08 Å². The second-order valence-corrected chi connectivity index (χ2v) is 7.57. The molecule has 0 aliphatic carbocycles. The van der Waals surface area contributed by atoms with Crippen molar-refractivity contribution >= 4 is 51.5 Å². The van der Waals surface area contributed by atoms with Crippen molar-refractivity contribution in [3.05, 3.63) is 57.6 Å². The van der Waals surface area contributed by atoms with Crippen LogP contribution in [0.4, 0.5) is 10.5 Å². The Labute approximate surface area is 191 Å². The number of benzene rings is 2. The number of carboxylic acid groups (broad SMARTS) is 1. The van der Waals surface area contributed by atoms with Crippen molar-refractivity contribution in [3.8, 4) is 11.5 Å². The van der Waals surface area contributed by atoms with Crippen LogP contribution in [0.1, 0.15) is 18.1 Å². The number of nitrogens with zero attached hydrogens (tertiary/aromatic N) is 1. The summed E-state index contributed by atoms with van der Waals surface area (Å²) in [5.74, 6) is -2.28. The van der Waals surface area contributed by atoms with Crippen molar-refractivity contribution in [1.29, 1.82) is 0 Å². The Hall–Kier alpha value is -3.66. The van der Waals surface area contributed by atoms with E-state index >= 15 is 0 Å². The first kappa shape index (κ1) is 23.0. The van der Waals surface area contributed by atoms with Gasteiger partial charge >= 0.3 is 12.0 Å². The number of aryl methyl sites for hydroxylation is 1.